The molecule has 4 heteroatoms. The predicted molar refractivity (Wildman–Crippen MR) is 55.2 cm³/mol. The summed E-state index contributed by atoms with van der Waals surface area (Å²) in [6.45, 7) is 5.27. The average Bonchev–Trinajstić information content (AvgIpc) is 1.99. The van der Waals surface area contributed by atoms with E-state index in [1.807, 2.05) is 13.8 Å². The number of hydrogen-bond acceptors (Lipinski definition) is 4. The number of aryl methyl sites for hydroxylation is 1. The van der Waals surface area contributed by atoms with Crippen LogP contribution >= 0.6 is 0 Å². The largest absolute Gasteiger partial charge is 0.507 e. The molecule has 0 unspecified atom stereocenters. The Morgan fingerprint density at radius 2 is 2.13 bits per heavy atom. The molecule has 0 aliphatic rings. The van der Waals surface area contributed by atoms with Crippen molar-refractivity contribution in [2.75, 3.05) is 0 Å². The molecule has 82 valence electrons. The zero-order valence-electron chi connectivity index (χ0n) is 9.03. The Hall–Kier alpha value is -1.58. The van der Waals surface area contributed by atoms with Gasteiger partial charge in [-0.1, -0.05) is 13.8 Å². The van der Waals surface area contributed by atoms with Gasteiger partial charge < -0.3 is 9.52 Å². The highest BCUT2D eigenvalue weighted by atomic mass is 16.4. The molecular formula is C11H14O4. The van der Waals surface area contributed by atoms with Crippen LogP contribution in [0.1, 0.15) is 36.4 Å². The Morgan fingerprint density at radius 3 is 2.60 bits per heavy atom. The molecule has 0 atom stereocenters. The second-order valence-electron chi connectivity index (χ2n) is 3.93. The fourth-order valence-electron chi connectivity index (χ4n) is 1.33. The highest BCUT2D eigenvalue weighted by molar-refractivity contribution is 5.98. The van der Waals surface area contributed by atoms with Gasteiger partial charge >= 0.3 is 5.63 Å². The molecule has 0 amide bonds. The molecular weight excluding hydrogens is 196 g/mol. The molecule has 0 aliphatic carbocycles. The van der Waals surface area contributed by atoms with E-state index in [2.05, 4.69) is 0 Å². The third kappa shape index (κ3) is 2.68. The van der Waals surface area contributed by atoms with E-state index in [4.69, 9.17) is 4.42 Å². The maximum atomic E-state index is 11.6. The molecule has 0 saturated heterocycles. The molecule has 1 N–H and O–H groups in total. The summed E-state index contributed by atoms with van der Waals surface area (Å²) in [5, 5.41) is 9.47. The van der Waals surface area contributed by atoms with E-state index < -0.39 is 5.63 Å². The summed E-state index contributed by atoms with van der Waals surface area (Å²) < 4.78 is 4.76. The van der Waals surface area contributed by atoms with Crippen LogP contribution in [0.2, 0.25) is 0 Å². The van der Waals surface area contributed by atoms with E-state index in [9.17, 15) is 14.7 Å². The molecule has 0 fully saturated rings. The first-order valence-corrected chi connectivity index (χ1v) is 4.78. The van der Waals surface area contributed by atoms with E-state index in [0.29, 0.717) is 5.76 Å². The van der Waals surface area contributed by atoms with Crippen molar-refractivity contribution >= 4 is 5.78 Å². The number of carbonyl (C=O) groups is 1. The van der Waals surface area contributed by atoms with Crippen molar-refractivity contribution in [3.05, 3.63) is 27.8 Å². The van der Waals surface area contributed by atoms with Crippen molar-refractivity contribution in [3.63, 3.8) is 0 Å². The third-order valence-corrected chi connectivity index (χ3v) is 1.93. The maximum Gasteiger partial charge on any atom is 0.350 e. The molecule has 1 aromatic heterocycles. The van der Waals surface area contributed by atoms with Gasteiger partial charge in [0.1, 0.15) is 17.1 Å². The fourth-order valence-corrected chi connectivity index (χ4v) is 1.33. The molecule has 15 heavy (non-hydrogen) atoms. The lowest BCUT2D eigenvalue weighted by Crippen LogP contribution is -2.16. The van der Waals surface area contributed by atoms with Gasteiger partial charge in [0, 0.05) is 12.5 Å². The van der Waals surface area contributed by atoms with Gasteiger partial charge in [-0.05, 0) is 12.8 Å². The van der Waals surface area contributed by atoms with Gasteiger partial charge in [0.05, 0.1) is 0 Å². The van der Waals surface area contributed by atoms with Crippen LogP contribution in [0.15, 0.2) is 15.3 Å². The van der Waals surface area contributed by atoms with Crippen molar-refractivity contribution in [1.29, 1.82) is 0 Å². The van der Waals surface area contributed by atoms with Gasteiger partial charge in [-0.3, -0.25) is 4.79 Å². The van der Waals surface area contributed by atoms with Crippen LogP contribution < -0.4 is 5.63 Å². The van der Waals surface area contributed by atoms with E-state index >= 15 is 0 Å². The summed E-state index contributed by atoms with van der Waals surface area (Å²) in [5.74, 6) is -0.248. The summed E-state index contributed by atoms with van der Waals surface area (Å²) in [7, 11) is 0. The standard InChI is InChI=1S/C11H14O4/c1-6(2)4-8(12)10-9(13)5-7(3)15-11(10)14/h5-6,13H,4H2,1-3H3. The number of ketones is 1. The molecule has 4 nitrogen and oxygen atoms in total. The van der Waals surface area contributed by atoms with Crippen LogP contribution in [0.3, 0.4) is 0 Å². The van der Waals surface area contributed by atoms with Crippen LogP contribution in [0, 0.1) is 12.8 Å². The van der Waals surface area contributed by atoms with Crippen molar-refractivity contribution in [3.8, 4) is 5.75 Å². The van der Waals surface area contributed by atoms with E-state index in [0.717, 1.165) is 0 Å². The molecule has 1 aromatic rings. The normalized spacial score (nSPS) is 10.7. The molecule has 0 aliphatic heterocycles. The average molecular weight is 210 g/mol. The van der Waals surface area contributed by atoms with Crippen LogP contribution in [0.5, 0.6) is 5.75 Å². The van der Waals surface area contributed by atoms with Gasteiger partial charge in [-0.2, -0.15) is 0 Å². The number of Topliss-reactive ketones (excluding diaryl/α,β-unsaturated/α-hetero) is 1. The Bertz CT molecular complexity index is 429. The summed E-state index contributed by atoms with van der Waals surface area (Å²) in [6.07, 6.45) is 0.224. The fraction of sp³-hybridized carbons (Fsp3) is 0.455. The van der Waals surface area contributed by atoms with Crippen molar-refractivity contribution in [2.24, 2.45) is 5.92 Å². The highest BCUT2D eigenvalue weighted by Gasteiger charge is 2.18. The summed E-state index contributed by atoms with van der Waals surface area (Å²) in [5.41, 5.74) is -1.01. The SMILES string of the molecule is Cc1cc(O)c(C(=O)CC(C)C)c(=O)o1. The van der Waals surface area contributed by atoms with Crippen molar-refractivity contribution in [2.45, 2.75) is 27.2 Å². The molecule has 0 aromatic carbocycles. The van der Waals surface area contributed by atoms with Crippen LogP contribution in [0.25, 0.3) is 0 Å². The zero-order chi connectivity index (χ0) is 11.6. The topological polar surface area (TPSA) is 67.5 Å². The number of aromatic hydroxyl groups is 1. The number of carbonyl (C=O) groups excluding carboxylic acids is 1. The van der Waals surface area contributed by atoms with Gasteiger partial charge in [0.25, 0.3) is 0 Å². The number of hydrogen-bond donors (Lipinski definition) is 1. The van der Waals surface area contributed by atoms with Crippen molar-refractivity contribution in [1.82, 2.24) is 0 Å². The first-order chi connectivity index (χ1) is 6.91. The van der Waals surface area contributed by atoms with Crippen LogP contribution in [0.4, 0.5) is 0 Å². The van der Waals surface area contributed by atoms with Crippen LogP contribution in [-0.2, 0) is 0 Å². The lowest BCUT2D eigenvalue weighted by molar-refractivity contribution is 0.0960. The first-order valence-electron chi connectivity index (χ1n) is 4.78. The third-order valence-electron chi connectivity index (χ3n) is 1.93. The lowest BCUT2D eigenvalue weighted by Gasteiger charge is -2.04. The van der Waals surface area contributed by atoms with Crippen LogP contribution in [-0.4, -0.2) is 10.9 Å². The second-order valence-corrected chi connectivity index (χ2v) is 3.93. The van der Waals surface area contributed by atoms with Gasteiger partial charge in [-0.25, -0.2) is 4.79 Å². The van der Waals surface area contributed by atoms with Crippen molar-refractivity contribution < 1.29 is 14.3 Å². The minimum absolute atomic E-state index is 0.137. The van der Waals surface area contributed by atoms with E-state index in [1.54, 1.807) is 0 Å². The van der Waals surface area contributed by atoms with Gasteiger partial charge in [0.2, 0.25) is 0 Å². The first kappa shape index (κ1) is 11.5. The minimum Gasteiger partial charge on any atom is -0.507 e. The Kier molecular flexibility index (Phi) is 3.29. The molecule has 0 bridgehead atoms. The Morgan fingerprint density at radius 1 is 1.53 bits per heavy atom. The Balaban J connectivity index is 3.15. The van der Waals surface area contributed by atoms with Gasteiger partial charge in [0.15, 0.2) is 5.78 Å². The monoisotopic (exact) mass is 210 g/mol. The molecule has 1 rings (SSSR count). The lowest BCUT2D eigenvalue weighted by atomic mass is 10.0. The van der Waals surface area contributed by atoms with E-state index in [1.165, 1.54) is 13.0 Å². The van der Waals surface area contributed by atoms with Gasteiger partial charge in [-0.15, -0.1) is 0 Å². The second kappa shape index (κ2) is 4.29. The smallest absolute Gasteiger partial charge is 0.350 e. The summed E-state index contributed by atoms with van der Waals surface area (Å²) in [4.78, 5) is 22.9. The summed E-state index contributed by atoms with van der Waals surface area (Å²) in [6, 6.07) is 1.27. The minimum atomic E-state index is -0.766. The molecule has 0 saturated carbocycles. The molecule has 1 heterocycles. The predicted octanol–water partition coefficient (Wildman–Crippen LogP) is 1.88. The zero-order valence-corrected chi connectivity index (χ0v) is 9.03. The Labute approximate surface area is 87.5 Å². The quantitative estimate of drug-likeness (QED) is 0.773. The maximum absolute atomic E-state index is 11.6. The molecule has 0 radical (unpaired) electrons. The number of rotatable bonds is 3. The summed E-state index contributed by atoms with van der Waals surface area (Å²) >= 11 is 0. The van der Waals surface area contributed by atoms with E-state index in [-0.39, 0.29) is 29.4 Å². The molecule has 0 spiro atoms. The highest BCUT2D eigenvalue weighted by Crippen LogP contribution is 2.17.